The average Bonchev–Trinajstić information content (AvgIpc) is 3.02. The summed E-state index contributed by atoms with van der Waals surface area (Å²) in [7, 11) is 0. The fourth-order valence-electron chi connectivity index (χ4n) is 3.09. The molecule has 3 heterocycles. The van der Waals surface area contributed by atoms with E-state index < -0.39 is 0 Å². The quantitative estimate of drug-likeness (QED) is 0.850. The first kappa shape index (κ1) is 10.5. The first-order valence-electron chi connectivity index (χ1n) is 6.24. The number of halogens is 1. The minimum Gasteiger partial charge on any atom is -0.349 e. The Balaban J connectivity index is 1.88. The van der Waals surface area contributed by atoms with Gasteiger partial charge in [0.2, 0.25) is 0 Å². The molecule has 92 valence electrons. The van der Waals surface area contributed by atoms with Crippen LogP contribution >= 0.6 is 11.6 Å². The second-order valence-electron chi connectivity index (χ2n) is 5.01. The SMILES string of the molecule is Clc1nnc(N2C[C@@H]3CC2CN3)c2ccccc12. The first-order valence-corrected chi connectivity index (χ1v) is 6.61. The molecule has 1 aromatic carbocycles. The van der Waals surface area contributed by atoms with Gasteiger partial charge in [-0.3, -0.25) is 0 Å². The van der Waals surface area contributed by atoms with Gasteiger partial charge in [0.05, 0.1) is 0 Å². The second-order valence-corrected chi connectivity index (χ2v) is 5.37. The lowest BCUT2D eigenvalue weighted by molar-refractivity contribution is 0.576. The van der Waals surface area contributed by atoms with Crippen LogP contribution in [0.25, 0.3) is 10.8 Å². The van der Waals surface area contributed by atoms with Crippen molar-refractivity contribution in [3.05, 3.63) is 29.4 Å². The lowest BCUT2D eigenvalue weighted by Gasteiger charge is -2.28. The van der Waals surface area contributed by atoms with Crippen LogP contribution in [0.4, 0.5) is 5.82 Å². The predicted molar refractivity (Wildman–Crippen MR) is 72.1 cm³/mol. The van der Waals surface area contributed by atoms with Crippen molar-refractivity contribution in [3.8, 4) is 0 Å². The number of piperazine rings is 1. The van der Waals surface area contributed by atoms with Crippen LogP contribution < -0.4 is 10.2 Å². The molecule has 2 aliphatic rings. The molecular weight excluding hydrogens is 248 g/mol. The number of nitrogens with one attached hydrogen (secondary N) is 1. The normalized spacial score (nSPS) is 26.2. The molecule has 0 saturated carbocycles. The van der Waals surface area contributed by atoms with Crippen LogP contribution in [-0.4, -0.2) is 35.4 Å². The van der Waals surface area contributed by atoms with Gasteiger partial charge >= 0.3 is 0 Å². The van der Waals surface area contributed by atoms with E-state index >= 15 is 0 Å². The zero-order chi connectivity index (χ0) is 12.1. The highest BCUT2D eigenvalue weighted by molar-refractivity contribution is 6.34. The summed E-state index contributed by atoms with van der Waals surface area (Å²) >= 11 is 6.11. The van der Waals surface area contributed by atoms with Gasteiger partial charge in [0.25, 0.3) is 0 Å². The standard InChI is InChI=1S/C13H13ClN4/c14-12-10-3-1-2-4-11(10)13(17-16-12)18-7-8-5-9(18)6-15-8/h1-4,8-9,15H,5-7H2/t8-,9?/m0/s1. The van der Waals surface area contributed by atoms with Gasteiger partial charge < -0.3 is 10.2 Å². The van der Waals surface area contributed by atoms with Gasteiger partial charge in [0.1, 0.15) is 0 Å². The fraction of sp³-hybridized carbons (Fsp3) is 0.385. The number of anilines is 1. The summed E-state index contributed by atoms with van der Waals surface area (Å²) in [5, 5.41) is 14.5. The number of benzene rings is 1. The van der Waals surface area contributed by atoms with Crippen molar-refractivity contribution in [3.63, 3.8) is 0 Å². The van der Waals surface area contributed by atoms with Crippen molar-refractivity contribution in [2.75, 3.05) is 18.0 Å². The van der Waals surface area contributed by atoms with Crippen LogP contribution in [0.3, 0.4) is 0 Å². The highest BCUT2D eigenvalue weighted by atomic mass is 35.5. The van der Waals surface area contributed by atoms with Crippen molar-refractivity contribution in [1.82, 2.24) is 15.5 Å². The Kier molecular flexibility index (Phi) is 2.22. The molecule has 1 aromatic heterocycles. The van der Waals surface area contributed by atoms with E-state index in [0.29, 0.717) is 17.2 Å². The highest BCUT2D eigenvalue weighted by Crippen LogP contribution is 2.34. The van der Waals surface area contributed by atoms with E-state index in [2.05, 4.69) is 26.5 Å². The Morgan fingerprint density at radius 3 is 2.78 bits per heavy atom. The Labute approximate surface area is 110 Å². The molecule has 4 nitrogen and oxygen atoms in total. The Morgan fingerprint density at radius 2 is 2.06 bits per heavy atom. The summed E-state index contributed by atoms with van der Waals surface area (Å²) in [6, 6.07) is 9.24. The van der Waals surface area contributed by atoms with Gasteiger partial charge in [-0.2, -0.15) is 0 Å². The summed E-state index contributed by atoms with van der Waals surface area (Å²) in [4.78, 5) is 2.37. The van der Waals surface area contributed by atoms with Gasteiger partial charge in [-0.1, -0.05) is 35.9 Å². The molecule has 2 aromatic rings. The molecule has 5 heteroatoms. The van der Waals surface area contributed by atoms with E-state index in [-0.39, 0.29) is 0 Å². The fourth-order valence-corrected chi connectivity index (χ4v) is 3.29. The second kappa shape index (κ2) is 3.80. The number of fused-ring (bicyclic) bond motifs is 3. The molecule has 2 aliphatic heterocycles. The van der Waals surface area contributed by atoms with Gasteiger partial charge in [0, 0.05) is 35.9 Å². The maximum absolute atomic E-state index is 6.11. The molecule has 2 atom stereocenters. The third-order valence-corrected chi connectivity index (χ3v) is 4.23. The Morgan fingerprint density at radius 1 is 1.22 bits per heavy atom. The number of hydrogen-bond acceptors (Lipinski definition) is 4. The molecule has 4 rings (SSSR count). The molecule has 0 amide bonds. The topological polar surface area (TPSA) is 41.1 Å². The Hall–Kier alpha value is -1.39. The molecule has 0 spiro atoms. The first-order chi connectivity index (χ1) is 8.83. The summed E-state index contributed by atoms with van der Waals surface area (Å²) in [6.07, 6.45) is 1.21. The predicted octanol–water partition coefficient (Wildman–Crippen LogP) is 1.83. The van der Waals surface area contributed by atoms with E-state index in [9.17, 15) is 0 Å². The lowest BCUT2D eigenvalue weighted by atomic mass is 10.1. The molecule has 2 fully saturated rings. The minimum atomic E-state index is 0.483. The molecular formula is C13H13ClN4. The smallest absolute Gasteiger partial charge is 0.159 e. The zero-order valence-corrected chi connectivity index (χ0v) is 10.6. The third-order valence-electron chi connectivity index (χ3n) is 3.95. The summed E-state index contributed by atoms with van der Waals surface area (Å²) in [5.41, 5.74) is 0. The molecule has 0 aliphatic carbocycles. The maximum Gasteiger partial charge on any atom is 0.159 e. The van der Waals surface area contributed by atoms with Crippen molar-refractivity contribution in [2.45, 2.75) is 18.5 Å². The number of nitrogens with zero attached hydrogens (tertiary/aromatic N) is 3. The van der Waals surface area contributed by atoms with Crippen molar-refractivity contribution in [2.24, 2.45) is 0 Å². The minimum absolute atomic E-state index is 0.483. The van der Waals surface area contributed by atoms with E-state index in [4.69, 9.17) is 11.6 Å². The number of rotatable bonds is 1. The highest BCUT2D eigenvalue weighted by Gasteiger charge is 2.38. The molecule has 2 bridgehead atoms. The van der Waals surface area contributed by atoms with Crippen LogP contribution in [0, 0.1) is 0 Å². The van der Waals surface area contributed by atoms with Crippen molar-refractivity contribution in [1.29, 1.82) is 0 Å². The van der Waals surface area contributed by atoms with E-state index in [1.165, 1.54) is 6.42 Å². The van der Waals surface area contributed by atoms with Crippen molar-refractivity contribution >= 4 is 28.2 Å². The van der Waals surface area contributed by atoms with Crippen LogP contribution in [0.5, 0.6) is 0 Å². The third kappa shape index (κ3) is 1.42. The number of aromatic nitrogens is 2. The van der Waals surface area contributed by atoms with Crippen LogP contribution in [-0.2, 0) is 0 Å². The largest absolute Gasteiger partial charge is 0.349 e. The Bertz CT molecular complexity index is 615. The maximum atomic E-state index is 6.11. The van der Waals surface area contributed by atoms with E-state index in [1.54, 1.807) is 0 Å². The van der Waals surface area contributed by atoms with Crippen LogP contribution in [0.15, 0.2) is 24.3 Å². The van der Waals surface area contributed by atoms with Gasteiger partial charge in [-0.15, -0.1) is 10.2 Å². The molecule has 2 saturated heterocycles. The molecule has 18 heavy (non-hydrogen) atoms. The number of hydrogen-bond donors (Lipinski definition) is 1. The average molecular weight is 261 g/mol. The van der Waals surface area contributed by atoms with Gasteiger partial charge in [-0.05, 0) is 6.42 Å². The van der Waals surface area contributed by atoms with E-state index in [1.807, 2.05) is 18.2 Å². The lowest BCUT2D eigenvalue weighted by Crippen LogP contribution is -2.44. The van der Waals surface area contributed by atoms with Gasteiger partial charge in [0.15, 0.2) is 11.0 Å². The summed E-state index contributed by atoms with van der Waals surface area (Å²) in [6.45, 7) is 2.06. The van der Waals surface area contributed by atoms with Crippen molar-refractivity contribution < 1.29 is 0 Å². The van der Waals surface area contributed by atoms with Gasteiger partial charge in [-0.25, -0.2) is 0 Å². The van der Waals surface area contributed by atoms with Crippen LogP contribution in [0.2, 0.25) is 5.15 Å². The summed E-state index contributed by atoms with van der Waals surface area (Å²) < 4.78 is 0. The molecule has 0 radical (unpaired) electrons. The zero-order valence-electron chi connectivity index (χ0n) is 9.81. The van der Waals surface area contributed by atoms with Crippen LogP contribution in [0.1, 0.15) is 6.42 Å². The monoisotopic (exact) mass is 260 g/mol. The molecule has 1 N–H and O–H groups in total. The summed E-state index contributed by atoms with van der Waals surface area (Å²) in [5.74, 6) is 0.976. The molecule has 1 unspecified atom stereocenters. The van der Waals surface area contributed by atoms with E-state index in [0.717, 1.165) is 29.7 Å².